The highest BCUT2D eigenvalue weighted by atomic mass is 35.5. The van der Waals surface area contributed by atoms with Crippen LogP contribution in [0.15, 0.2) is 18.2 Å². The molecule has 0 amide bonds. The maximum Gasteiger partial charge on any atom is 0.0648 e. The maximum atomic E-state index is 9.56. The summed E-state index contributed by atoms with van der Waals surface area (Å²) in [6, 6.07) is 7.32. The lowest BCUT2D eigenvalue weighted by Gasteiger charge is -2.44. The molecule has 0 spiro atoms. The number of aliphatic hydroxyl groups is 1. The molecule has 26 heavy (non-hydrogen) atoms. The van der Waals surface area contributed by atoms with Gasteiger partial charge >= 0.3 is 0 Å². The van der Waals surface area contributed by atoms with Crippen LogP contribution in [0.5, 0.6) is 0 Å². The third-order valence-corrected chi connectivity index (χ3v) is 6.71. The van der Waals surface area contributed by atoms with E-state index in [4.69, 9.17) is 11.6 Å². The van der Waals surface area contributed by atoms with Crippen LogP contribution in [0, 0.1) is 6.92 Å². The Hall–Kier alpha value is -1.07. The highest BCUT2D eigenvalue weighted by Crippen LogP contribution is 2.30. The van der Waals surface area contributed by atoms with E-state index in [1.54, 1.807) is 0 Å². The number of hydrogen-bond acceptors (Lipinski definition) is 3. The van der Waals surface area contributed by atoms with E-state index in [0.29, 0.717) is 6.04 Å². The molecule has 1 saturated carbocycles. The van der Waals surface area contributed by atoms with Crippen molar-refractivity contribution in [2.24, 2.45) is 0 Å². The van der Waals surface area contributed by atoms with Crippen molar-refractivity contribution in [1.29, 1.82) is 0 Å². The molecule has 142 valence electrons. The summed E-state index contributed by atoms with van der Waals surface area (Å²) in [6.45, 7) is 6.65. The lowest BCUT2D eigenvalue weighted by Crippen LogP contribution is -2.56. The molecule has 5 heteroatoms. The number of aryl methyl sites for hydroxylation is 1. The number of para-hydroxylation sites is 1. The van der Waals surface area contributed by atoms with E-state index in [0.717, 1.165) is 49.2 Å². The zero-order valence-corrected chi connectivity index (χ0v) is 16.4. The summed E-state index contributed by atoms with van der Waals surface area (Å²) in [5.74, 6) is 0. The van der Waals surface area contributed by atoms with Crippen molar-refractivity contribution in [1.82, 2.24) is 14.8 Å². The van der Waals surface area contributed by atoms with Gasteiger partial charge in [-0.1, -0.05) is 36.6 Å². The predicted molar refractivity (Wildman–Crippen MR) is 108 cm³/mol. The van der Waals surface area contributed by atoms with Gasteiger partial charge in [-0.25, -0.2) is 0 Å². The first-order valence-electron chi connectivity index (χ1n) is 10.0. The van der Waals surface area contributed by atoms with E-state index in [-0.39, 0.29) is 6.61 Å². The van der Waals surface area contributed by atoms with Gasteiger partial charge < -0.3 is 10.1 Å². The fraction of sp³-hybridized carbons (Fsp3) is 0.619. The number of aromatic nitrogens is 1. The highest BCUT2D eigenvalue weighted by molar-refractivity contribution is 6.35. The summed E-state index contributed by atoms with van der Waals surface area (Å²) in [5, 5.41) is 11.6. The normalized spacial score (nSPS) is 23.3. The van der Waals surface area contributed by atoms with Gasteiger partial charge in [0.05, 0.1) is 10.5 Å². The molecular weight excluding hydrogens is 346 g/mol. The number of benzene rings is 1. The molecule has 0 bridgehead atoms. The number of rotatable bonds is 5. The van der Waals surface area contributed by atoms with E-state index < -0.39 is 0 Å². The Bertz CT molecular complexity index is 753. The summed E-state index contributed by atoms with van der Waals surface area (Å²) in [4.78, 5) is 8.78. The highest BCUT2D eigenvalue weighted by Gasteiger charge is 2.33. The van der Waals surface area contributed by atoms with Crippen LogP contribution in [0.3, 0.4) is 0 Å². The molecule has 2 N–H and O–H groups in total. The number of hydrogen-bond donors (Lipinski definition) is 2. The summed E-state index contributed by atoms with van der Waals surface area (Å²) < 4.78 is 0. The second-order valence-corrected chi connectivity index (χ2v) is 8.38. The number of nitrogens with zero attached hydrogens (tertiary/aromatic N) is 2. The van der Waals surface area contributed by atoms with Crippen LogP contribution in [0.2, 0.25) is 5.02 Å². The van der Waals surface area contributed by atoms with Gasteiger partial charge in [-0.15, -0.1) is 0 Å². The van der Waals surface area contributed by atoms with Crippen LogP contribution in [-0.4, -0.2) is 58.2 Å². The van der Waals surface area contributed by atoms with Crippen LogP contribution in [-0.2, 0) is 6.54 Å². The lowest BCUT2D eigenvalue weighted by molar-refractivity contribution is 0.0263. The molecule has 1 unspecified atom stereocenters. The molecule has 1 aromatic heterocycles. The Labute approximate surface area is 161 Å². The van der Waals surface area contributed by atoms with Crippen LogP contribution in [0.1, 0.15) is 43.4 Å². The monoisotopic (exact) mass is 375 g/mol. The van der Waals surface area contributed by atoms with Crippen molar-refractivity contribution in [3.8, 4) is 0 Å². The molecular formula is C21H30ClN3O. The minimum absolute atomic E-state index is 0.281. The van der Waals surface area contributed by atoms with E-state index in [2.05, 4.69) is 27.8 Å². The molecule has 1 saturated heterocycles. The first kappa shape index (κ1) is 18.3. The number of halogens is 1. The van der Waals surface area contributed by atoms with Gasteiger partial charge in [0.1, 0.15) is 0 Å². The van der Waals surface area contributed by atoms with Gasteiger partial charge in [-0.3, -0.25) is 9.80 Å². The van der Waals surface area contributed by atoms with Crippen molar-refractivity contribution in [3.05, 3.63) is 34.5 Å². The quantitative estimate of drug-likeness (QED) is 0.831. The van der Waals surface area contributed by atoms with Crippen molar-refractivity contribution in [2.75, 3.05) is 26.2 Å². The molecule has 1 aliphatic carbocycles. The zero-order chi connectivity index (χ0) is 18.1. The Morgan fingerprint density at radius 2 is 2.04 bits per heavy atom. The Morgan fingerprint density at radius 3 is 2.77 bits per heavy atom. The SMILES string of the molecule is Cc1c(CN2CCN(C3CCCC3)C(CCO)C2)[nH]c2c(Cl)cccc12. The van der Waals surface area contributed by atoms with Gasteiger partial charge in [-0.2, -0.15) is 0 Å². The van der Waals surface area contributed by atoms with Gasteiger partial charge in [-0.05, 0) is 37.8 Å². The predicted octanol–water partition coefficient (Wildman–Crippen LogP) is 3.94. The largest absolute Gasteiger partial charge is 0.396 e. The fourth-order valence-corrected chi connectivity index (χ4v) is 5.17. The third-order valence-electron chi connectivity index (χ3n) is 6.40. The van der Waals surface area contributed by atoms with E-state index >= 15 is 0 Å². The molecule has 0 radical (unpaired) electrons. The number of nitrogens with one attached hydrogen (secondary N) is 1. The topological polar surface area (TPSA) is 42.5 Å². The van der Waals surface area contributed by atoms with Crippen molar-refractivity contribution in [2.45, 2.75) is 57.7 Å². The minimum atomic E-state index is 0.281. The molecule has 1 aromatic carbocycles. The standard InChI is InChI=1S/C21H30ClN3O/c1-15-18-7-4-8-19(22)21(18)23-20(15)14-24-10-11-25(16-5-2-3-6-16)17(13-24)9-12-26/h4,7-8,16-17,23,26H,2-3,5-6,9-14H2,1H3. The molecule has 2 aromatic rings. The minimum Gasteiger partial charge on any atom is -0.396 e. The maximum absolute atomic E-state index is 9.56. The molecule has 1 atom stereocenters. The molecule has 2 aliphatic rings. The van der Waals surface area contributed by atoms with Gasteiger partial charge in [0, 0.05) is 55.9 Å². The first-order valence-corrected chi connectivity index (χ1v) is 10.4. The van der Waals surface area contributed by atoms with Gasteiger partial charge in [0.15, 0.2) is 0 Å². The summed E-state index contributed by atoms with van der Waals surface area (Å²) in [6.07, 6.45) is 6.28. The van der Waals surface area contributed by atoms with E-state index in [1.807, 2.05) is 12.1 Å². The molecule has 2 fully saturated rings. The summed E-state index contributed by atoms with van der Waals surface area (Å²) in [5.41, 5.74) is 3.63. The number of fused-ring (bicyclic) bond motifs is 1. The summed E-state index contributed by atoms with van der Waals surface area (Å²) in [7, 11) is 0. The van der Waals surface area contributed by atoms with Crippen molar-refractivity contribution < 1.29 is 5.11 Å². The average Bonchev–Trinajstić information content (AvgIpc) is 3.26. The number of aromatic amines is 1. The number of piperazine rings is 1. The van der Waals surface area contributed by atoms with Gasteiger partial charge in [0.2, 0.25) is 0 Å². The van der Waals surface area contributed by atoms with Crippen LogP contribution in [0.4, 0.5) is 0 Å². The Balaban J connectivity index is 1.49. The average molecular weight is 376 g/mol. The molecule has 1 aliphatic heterocycles. The number of H-pyrrole nitrogens is 1. The Morgan fingerprint density at radius 1 is 1.23 bits per heavy atom. The van der Waals surface area contributed by atoms with Crippen molar-refractivity contribution in [3.63, 3.8) is 0 Å². The fourth-order valence-electron chi connectivity index (χ4n) is 4.95. The van der Waals surface area contributed by atoms with Crippen molar-refractivity contribution >= 4 is 22.5 Å². The molecule has 2 heterocycles. The van der Waals surface area contributed by atoms with Crippen LogP contribution >= 0.6 is 11.6 Å². The second-order valence-electron chi connectivity index (χ2n) is 7.97. The summed E-state index contributed by atoms with van der Waals surface area (Å²) >= 11 is 6.36. The molecule has 4 nitrogen and oxygen atoms in total. The van der Waals surface area contributed by atoms with Gasteiger partial charge in [0.25, 0.3) is 0 Å². The smallest absolute Gasteiger partial charge is 0.0648 e. The Kier molecular flexibility index (Phi) is 5.55. The molecule has 4 rings (SSSR count). The zero-order valence-electron chi connectivity index (χ0n) is 15.7. The van der Waals surface area contributed by atoms with E-state index in [1.165, 1.54) is 42.3 Å². The second kappa shape index (κ2) is 7.89. The van der Waals surface area contributed by atoms with E-state index in [9.17, 15) is 5.11 Å². The third kappa shape index (κ3) is 3.53. The van der Waals surface area contributed by atoms with Crippen LogP contribution in [0.25, 0.3) is 10.9 Å². The lowest BCUT2D eigenvalue weighted by atomic mass is 10.0. The van der Waals surface area contributed by atoms with Crippen LogP contribution < -0.4 is 0 Å². The number of aliphatic hydroxyl groups excluding tert-OH is 1. The first-order chi connectivity index (χ1) is 12.7.